The number of rotatable bonds is 7. The molecule has 0 spiro atoms. The summed E-state index contributed by atoms with van der Waals surface area (Å²) in [6, 6.07) is 14.9. The van der Waals surface area contributed by atoms with Crippen molar-refractivity contribution >= 4 is 11.6 Å². The standard InChI is InChI=1S/C20H23NO4/c1-23-17-8-4-15(5-9-17)13-20(22)21-16-6-10-18(11-7-16)25-14-19-3-2-12-24-19/h4-11,19H,2-3,12-14H2,1H3,(H,21,22)/t19-/m1/s1. The van der Waals surface area contributed by atoms with Gasteiger partial charge in [0.15, 0.2) is 0 Å². The second-order valence-electron chi connectivity index (χ2n) is 6.04. The summed E-state index contributed by atoms with van der Waals surface area (Å²) in [7, 11) is 1.62. The molecule has 1 aliphatic heterocycles. The lowest BCUT2D eigenvalue weighted by molar-refractivity contribution is -0.115. The molecule has 2 aromatic rings. The first kappa shape index (κ1) is 17.3. The number of carbonyl (C=O) groups excluding carboxylic acids is 1. The Kier molecular flexibility index (Phi) is 5.90. The number of benzene rings is 2. The van der Waals surface area contributed by atoms with Gasteiger partial charge in [0.05, 0.1) is 19.6 Å². The lowest BCUT2D eigenvalue weighted by Crippen LogP contribution is -2.16. The van der Waals surface area contributed by atoms with Crippen molar-refractivity contribution in [3.05, 3.63) is 54.1 Å². The zero-order valence-electron chi connectivity index (χ0n) is 14.4. The van der Waals surface area contributed by atoms with Crippen LogP contribution < -0.4 is 14.8 Å². The van der Waals surface area contributed by atoms with Crippen LogP contribution in [0.5, 0.6) is 11.5 Å². The maximum atomic E-state index is 12.1. The first-order chi connectivity index (χ1) is 12.2. The molecule has 1 N–H and O–H groups in total. The Labute approximate surface area is 147 Å². The van der Waals surface area contributed by atoms with E-state index in [9.17, 15) is 4.79 Å². The quantitative estimate of drug-likeness (QED) is 0.838. The molecule has 0 saturated carbocycles. The minimum Gasteiger partial charge on any atom is -0.497 e. The minimum atomic E-state index is -0.0572. The van der Waals surface area contributed by atoms with Crippen LogP contribution in [0.2, 0.25) is 0 Å². The fourth-order valence-corrected chi connectivity index (χ4v) is 2.73. The highest BCUT2D eigenvalue weighted by molar-refractivity contribution is 5.92. The lowest BCUT2D eigenvalue weighted by Gasteiger charge is -2.12. The second kappa shape index (κ2) is 8.53. The molecule has 0 unspecified atom stereocenters. The number of nitrogens with one attached hydrogen (secondary N) is 1. The minimum absolute atomic E-state index is 0.0572. The first-order valence-electron chi connectivity index (χ1n) is 8.50. The maximum Gasteiger partial charge on any atom is 0.228 e. The van der Waals surface area contributed by atoms with E-state index in [0.717, 1.165) is 42.2 Å². The van der Waals surface area contributed by atoms with Gasteiger partial charge in [-0.15, -0.1) is 0 Å². The van der Waals surface area contributed by atoms with Gasteiger partial charge in [-0.05, 0) is 54.8 Å². The summed E-state index contributed by atoms with van der Waals surface area (Å²) in [5.74, 6) is 1.50. The zero-order valence-corrected chi connectivity index (χ0v) is 14.4. The molecule has 5 nitrogen and oxygen atoms in total. The van der Waals surface area contributed by atoms with E-state index in [2.05, 4.69) is 5.32 Å². The fourth-order valence-electron chi connectivity index (χ4n) is 2.73. The SMILES string of the molecule is COc1ccc(CC(=O)Nc2ccc(OC[C@H]3CCCO3)cc2)cc1. The highest BCUT2D eigenvalue weighted by Crippen LogP contribution is 2.19. The number of anilines is 1. The van der Waals surface area contributed by atoms with Crippen molar-refractivity contribution in [1.29, 1.82) is 0 Å². The van der Waals surface area contributed by atoms with E-state index >= 15 is 0 Å². The number of carbonyl (C=O) groups is 1. The van der Waals surface area contributed by atoms with Crippen LogP contribution in [-0.4, -0.2) is 32.3 Å². The van der Waals surface area contributed by atoms with Gasteiger partial charge >= 0.3 is 0 Å². The largest absolute Gasteiger partial charge is 0.497 e. The Morgan fingerprint density at radius 2 is 1.84 bits per heavy atom. The first-order valence-corrected chi connectivity index (χ1v) is 8.50. The van der Waals surface area contributed by atoms with Gasteiger partial charge in [-0.1, -0.05) is 12.1 Å². The molecule has 2 aromatic carbocycles. The summed E-state index contributed by atoms with van der Waals surface area (Å²) in [6.45, 7) is 1.40. The van der Waals surface area contributed by atoms with Crippen molar-refractivity contribution in [3.63, 3.8) is 0 Å². The van der Waals surface area contributed by atoms with Gasteiger partial charge in [0.25, 0.3) is 0 Å². The molecule has 132 valence electrons. The molecule has 1 atom stereocenters. The van der Waals surface area contributed by atoms with Crippen LogP contribution in [0.25, 0.3) is 0 Å². The van der Waals surface area contributed by atoms with E-state index in [1.54, 1.807) is 7.11 Å². The molecule has 0 bridgehead atoms. The number of amides is 1. The topological polar surface area (TPSA) is 56.8 Å². The third-order valence-electron chi connectivity index (χ3n) is 4.12. The van der Waals surface area contributed by atoms with E-state index in [-0.39, 0.29) is 12.0 Å². The van der Waals surface area contributed by atoms with Gasteiger partial charge in [-0.2, -0.15) is 0 Å². The Bertz CT molecular complexity index is 676. The van der Waals surface area contributed by atoms with Gasteiger partial charge in [-0.25, -0.2) is 0 Å². The van der Waals surface area contributed by atoms with Gasteiger partial charge in [0.1, 0.15) is 18.1 Å². The molecular weight excluding hydrogens is 318 g/mol. The Hall–Kier alpha value is -2.53. The predicted octanol–water partition coefficient (Wildman–Crippen LogP) is 3.43. The van der Waals surface area contributed by atoms with Crippen LogP contribution in [0.3, 0.4) is 0 Å². The van der Waals surface area contributed by atoms with Gasteiger partial charge in [0.2, 0.25) is 5.91 Å². The van der Waals surface area contributed by atoms with Gasteiger partial charge in [-0.3, -0.25) is 4.79 Å². The molecule has 1 heterocycles. The lowest BCUT2D eigenvalue weighted by atomic mass is 10.1. The number of hydrogen-bond donors (Lipinski definition) is 1. The van der Waals surface area contributed by atoms with E-state index in [4.69, 9.17) is 14.2 Å². The average Bonchev–Trinajstić information content (AvgIpc) is 3.15. The van der Waals surface area contributed by atoms with Crippen molar-refractivity contribution in [2.24, 2.45) is 0 Å². The average molecular weight is 341 g/mol. The molecule has 1 aliphatic rings. The van der Waals surface area contributed by atoms with Crippen LogP contribution in [0.4, 0.5) is 5.69 Å². The zero-order chi connectivity index (χ0) is 17.5. The summed E-state index contributed by atoms with van der Waals surface area (Å²) >= 11 is 0. The van der Waals surface area contributed by atoms with Crippen molar-refractivity contribution in [2.75, 3.05) is 25.6 Å². The fraction of sp³-hybridized carbons (Fsp3) is 0.350. The molecule has 5 heteroatoms. The maximum absolute atomic E-state index is 12.1. The number of methoxy groups -OCH3 is 1. The smallest absolute Gasteiger partial charge is 0.228 e. The summed E-state index contributed by atoms with van der Waals surface area (Å²) < 4.78 is 16.4. The third kappa shape index (κ3) is 5.22. The van der Waals surface area contributed by atoms with Crippen LogP contribution in [0.1, 0.15) is 18.4 Å². The highest BCUT2D eigenvalue weighted by atomic mass is 16.5. The summed E-state index contributed by atoms with van der Waals surface area (Å²) in [5, 5.41) is 2.89. The Morgan fingerprint density at radius 1 is 1.12 bits per heavy atom. The van der Waals surface area contributed by atoms with Crippen molar-refractivity contribution < 1.29 is 19.0 Å². The van der Waals surface area contributed by atoms with Gasteiger partial charge < -0.3 is 19.5 Å². The Balaban J connectivity index is 1.47. The molecule has 0 aliphatic carbocycles. The molecule has 1 fully saturated rings. The van der Waals surface area contributed by atoms with E-state index in [1.807, 2.05) is 48.5 Å². The number of hydrogen-bond acceptors (Lipinski definition) is 4. The van der Waals surface area contributed by atoms with Crippen LogP contribution in [0, 0.1) is 0 Å². The van der Waals surface area contributed by atoms with E-state index < -0.39 is 0 Å². The molecule has 0 aromatic heterocycles. The van der Waals surface area contributed by atoms with Crippen molar-refractivity contribution in [3.8, 4) is 11.5 Å². The number of ether oxygens (including phenoxy) is 3. The molecule has 1 saturated heterocycles. The molecule has 3 rings (SSSR count). The predicted molar refractivity (Wildman–Crippen MR) is 96.2 cm³/mol. The molecule has 25 heavy (non-hydrogen) atoms. The summed E-state index contributed by atoms with van der Waals surface area (Å²) in [5.41, 5.74) is 1.69. The molecule has 0 radical (unpaired) electrons. The van der Waals surface area contributed by atoms with Gasteiger partial charge in [0, 0.05) is 12.3 Å². The summed E-state index contributed by atoms with van der Waals surface area (Å²) in [4.78, 5) is 12.1. The normalized spacial score (nSPS) is 16.4. The molecular formula is C20H23NO4. The highest BCUT2D eigenvalue weighted by Gasteiger charge is 2.15. The second-order valence-corrected chi connectivity index (χ2v) is 6.04. The van der Waals surface area contributed by atoms with Crippen molar-refractivity contribution in [2.45, 2.75) is 25.4 Å². The van der Waals surface area contributed by atoms with Crippen LogP contribution in [-0.2, 0) is 16.0 Å². The Morgan fingerprint density at radius 3 is 2.48 bits per heavy atom. The summed E-state index contributed by atoms with van der Waals surface area (Å²) in [6.07, 6.45) is 2.68. The third-order valence-corrected chi connectivity index (χ3v) is 4.12. The molecule has 1 amide bonds. The van der Waals surface area contributed by atoms with Crippen LogP contribution in [0.15, 0.2) is 48.5 Å². The van der Waals surface area contributed by atoms with Crippen molar-refractivity contribution in [1.82, 2.24) is 0 Å². The van der Waals surface area contributed by atoms with E-state index in [1.165, 1.54) is 0 Å². The monoisotopic (exact) mass is 341 g/mol. The van der Waals surface area contributed by atoms with Crippen LogP contribution >= 0.6 is 0 Å². The van der Waals surface area contributed by atoms with E-state index in [0.29, 0.717) is 13.0 Å².